The average molecular weight is 462 g/mol. The van der Waals surface area contributed by atoms with Gasteiger partial charge in [-0.15, -0.1) is 0 Å². The van der Waals surface area contributed by atoms with E-state index in [1.165, 1.54) is 5.39 Å². The molecule has 0 saturated heterocycles. The number of hydrogen-bond acceptors (Lipinski definition) is 3. The fraction of sp³-hybridized carbons (Fsp3) is 0. The number of rotatable bonds is 2. The van der Waals surface area contributed by atoms with Crippen molar-refractivity contribution in [3.05, 3.63) is 116 Å². The summed E-state index contributed by atoms with van der Waals surface area (Å²) in [7, 11) is 0. The largest absolute Gasteiger partial charge is 0.455 e. The third-order valence-electron chi connectivity index (χ3n) is 7.10. The molecule has 0 amide bonds. The normalized spacial score (nSPS) is 11.9. The number of benzene rings is 5. The van der Waals surface area contributed by atoms with Gasteiger partial charge in [0.15, 0.2) is 0 Å². The summed E-state index contributed by atoms with van der Waals surface area (Å²) < 4.78 is 8.66. The number of hydrogen-bond donors (Lipinski definition) is 0. The van der Waals surface area contributed by atoms with Gasteiger partial charge in [0.25, 0.3) is 0 Å². The quantitative estimate of drug-likeness (QED) is 0.260. The van der Waals surface area contributed by atoms with Gasteiger partial charge in [0, 0.05) is 44.9 Å². The zero-order chi connectivity index (χ0) is 23.6. The van der Waals surface area contributed by atoms with E-state index in [2.05, 4.69) is 77.4 Å². The Morgan fingerprint density at radius 1 is 0.556 bits per heavy atom. The summed E-state index contributed by atoms with van der Waals surface area (Å²) >= 11 is 0. The fourth-order valence-electron chi connectivity index (χ4n) is 5.46. The lowest BCUT2D eigenvalue weighted by Gasteiger charge is -2.09. The predicted octanol–water partition coefficient (Wildman–Crippen LogP) is 8.29. The first-order valence-corrected chi connectivity index (χ1v) is 12.0. The summed E-state index contributed by atoms with van der Waals surface area (Å²) in [6, 6.07) is 35.6. The second kappa shape index (κ2) is 7.27. The molecule has 36 heavy (non-hydrogen) atoms. The van der Waals surface area contributed by atoms with Crippen molar-refractivity contribution in [3.8, 4) is 17.1 Å². The molecule has 5 aromatic carbocycles. The molecular formula is C32H19N3O. The number of furan rings is 1. The summed E-state index contributed by atoms with van der Waals surface area (Å²) in [5, 5.41) is 6.76. The summed E-state index contributed by atoms with van der Waals surface area (Å²) in [5.74, 6) is 0.640. The van der Waals surface area contributed by atoms with E-state index >= 15 is 0 Å². The molecule has 8 rings (SSSR count). The highest BCUT2D eigenvalue weighted by atomic mass is 16.3. The van der Waals surface area contributed by atoms with E-state index in [0.29, 0.717) is 5.95 Å². The van der Waals surface area contributed by atoms with Gasteiger partial charge in [0.2, 0.25) is 5.95 Å². The first kappa shape index (κ1) is 19.4. The van der Waals surface area contributed by atoms with Crippen LogP contribution in [-0.4, -0.2) is 14.5 Å². The molecule has 3 aromatic heterocycles. The van der Waals surface area contributed by atoms with Crippen molar-refractivity contribution in [1.29, 1.82) is 0 Å². The first-order chi connectivity index (χ1) is 17.9. The Balaban J connectivity index is 1.51. The maximum absolute atomic E-state index is 6.48. The first-order valence-electron chi connectivity index (χ1n) is 12.0. The molecule has 0 radical (unpaired) electrons. The SMILES string of the molecule is c1ccc(-c2cnc(-n3c4ccccc4c4ccc5ccc6c7ccccc7oc6c5c43)nc2)cc1. The van der Waals surface area contributed by atoms with Crippen molar-refractivity contribution in [3.63, 3.8) is 0 Å². The van der Waals surface area contributed by atoms with Crippen LogP contribution in [0.25, 0.3) is 71.6 Å². The fourth-order valence-corrected chi connectivity index (χ4v) is 5.46. The summed E-state index contributed by atoms with van der Waals surface area (Å²) in [4.78, 5) is 9.70. The van der Waals surface area contributed by atoms with Crippen LogP contribution in [0.2, 0.25) is 0 Å². The van der Waals surface area contributed by atoms with Crippen molar-refractivity contribution < 1.29 is 4.42 Å². The highest BCUT2D eigenvalue weighted by molar-refractivity contribution is 6.26. The molecule has 0 aliphatic carbocycles. The van der Waals surface area contributed by atoms with Crippen LogP contribution in [0.1, 0.15) is 0 Å². The van der Waals surface area contributed by atoms with E-state index in [-0.39, 0.29) is 0 Å². The number of fused-ring (bicyclic) bond motifs is 9. The Morgan fingerprint density at radius 2 is 1.25 bits per heavy atom. The number of para-hydroxylation sites is 2. The Morgan fingerprint density at radius 3 is 2.08 bits per heavy atom. The van der Waals surface area contributed by atoms with Crippen LogP contribution in [0.4, 0.5) is 0 Å². The van der Waals surface area contributed by atoms with Gasteiger partial charge in [-0.25, -0.2) is 9.97 Å². The van der Waals surface area contributed by atoms with E-state index < -0.39 is 0 Å². The summed E-state index contributed by atoms with van der Waals surface area (Å²) in [6.07, 6.45) is 3.81. The van der Waals surface area contributed by atoms with Crippen molar-refractivity contribution in [1.82, 2.24) is 14.5 Å². The van der Waals surface area contributed by atoms with Crippen LogP contribution >= 0.6 is 0 Å². The van der Waals surface area contributed by atoms with Gasteiger partial charge in [0.05, 0.1) is 11.0 Å². The minimum atomic E-state index is 0.640. The zero-order valence-electron chi connectivity index (χ0n) is 19.2. The Kier molecular flexibility index (Phi) is 3.91. The highest BCUT2D eigenvalue weighted by Gasteiger charge is 2.20. The summed E-state index contributed by atoms with van der Waals surface area (Å²) in [5.41, 5.74) is 6.00. The second-order valence-electron chi connectivity index (χ2n) is 9.09. The molecule has 0 aliphatic heterocycles. The molecule has 0 bridgehead atoms. The van der Waals surface area contributed by atoms with Gasteiger partial charge in [-0.1, -0.05) is 84.9 Å². The van der Waals surface area contributed by atoms with Crippen LogP contribution < -0.4 is 0 Å². The van der Waals surface area contributed by atoms with Crippen molar-refractivity contribution in [2.24, 2.45) is 0 Å². The van der Waals surface area contributed by atoms with Crippen LogP contribution in [-0.2, 0) is 0 Å². The number of nitrogens with zero attached hydrogens (tertiary/aromatic N) is 3. The molecule has 0 saturated carbocycles. The minimum absolute atomic E-state index is 0.640. The van der Waals surface area contributed by atoms with Crippen molar-refractivity contribution >= 4 is 54.5 Å². The lowest BCUT2D eigenvalue weighted by atomic mass is 10.0. The maximum atomic E-state index is 6.48. The number of aromatic nitrogens is 3. The van der Waals surface area contributed by atoms with Crippen LogP contribution in [0.15, 0.2) is 120 Å². The van der Waals surface area contributed by atoms with Crippen LogP contribution in [0, 0.1) is 0 Å². The Bertz CT molecular complexity index is 2080. The molecular weight excluding hydrogens is 442 g/mol. The third-order valence-corrected chi connectivity index (χ3v) is 7.10. The highest BCUT2D eigenvalue weighted by Crippen LogP contribution is 2.41. The van der Waals surface area contributed by atoms with E-state index in [1.807, 2.05) is 42.7 Å². The lowest BCUT2D eigenvalue weighted by Crippen LogP contribution is -2.01. The van der Waals surface area contributed by atoms with Gasteiger partial charge in [0.1, 0.15) is 11.2 Å². The van der Waals surface area contributed by atoms with Crippen LogP contribution in [0.5, 0.6) is 0 Å². The van der Waals surface area contributed by atoms with E-state index in [9.17, 15) is 0 Å². The molecule has 0 atom stereocenters. The van der Waals surface area contributed by atoms with Gasteiger partial charge >= 0.3 is 0 Å². The molecule has 0 aliphatic rings. The van der Waals surface area contributed by atoms with E-state index in [1.54, 1.807) is 0 Å². The molecule has 0 unspecified atom stereocenters. The average Bonchev–Trinajstić information content (AvgIpc) is 3.49. The second-order valence-corrected chi connectivity index (χ2v) is 9.09. The zero-order valence-corrected chi connectivity index (χ0v) is 19.2. The van der Waals surface area contributed by atoms with Gasteiger partial charge in [-0.3, -0.25) is 4.57 Å². The smallest absolute Gasteiger partial charge is 0.234 e. The molecule has 0 fully saturated rings. The van der Waals surface area contributed by atoms with Gasteiger partial charge in [-0.05, 0) is 29.1 Å². The van der Waals surface area contributed by atoms with Gasteiger partial charge < -0.3 is 4.42 Å². The monoisotopic (exact) mass is 461 g/mol. The van der Waals surface area contributed by atoms with Crippen molar-refractivity contribution in [2.45, 2.75) is 0 Å². The van der Waals surface area contributed by atoms with Gasteiger partial charge in [-0.2, -0.15) is 0 Å². The molecule has 3 heterocycles. The topological polar surface area (TPSA) is 43.9 Å². The minimum Gasteiger partial charge on any atom is -0.455 e. The Labute approximate surface area is 206 Å². The summed E-state index contributed by atoms with van der Waals surface area (Å²) in [6.45, 7) is 0. The van der Waals surface area contributed by atoms with E-state index in [0.717, 1.165) is 60.3 Å². The molecule has 8 aromatic rings. The van der Waals surface area contributed by atoms with Crippen LogP contribution in [0.3, 0.4) is 0 Å². The molecule has 168 valence electrons. The molecule has 4 nitrogen and oxygen atoms in total. The molecule has 0 N–H and O–H groups in total. The van der Waals surface area contributed by atoms with Crippen molar-refractivity contribution in [2.75, 3.05) is 0 Å². The molecule has 4 heteroatoms. The standard InChI is InChI=1S/C32H19N3O/c1-2-8-20(9-3-1)22-18-33-32(34-19-22)35-27-12-6-4-10-23(27)25-16-14-21-15-17-26-24-11-5-7-13-28(24)36-31(26)29(21)30(25)35/h1-19H. The lowest BCUT2D eigenvalue weighted by molar-refractivity contribution is 0.673. The van der Waals surface area contributed by atoms with E-state index in [4.69, 9.17) is 14.4 Å². The third kappa shape index (κ3) is 2.64. The maximum Gasteiger partial charge on any atom is 0.234 e. The predicted molar refractivity (Wildman–Crippen MR) is 147 cm³/mol. The Hall–Kier alpha value is -4.96. The molecule has 0 spiro atoms.